The Labute approximate surface area is 394 Å². The predicted octanol–water partition coefficient (Wildman–Crippen LogP) is 18.1. The molecule has 67 heavy (non-hydrogen) atoms. The van der Waals surface area contributed by atoms with Crippen molar-refractivity contribution < 1.29 is 0 Å². The summed E-state index contributed by atoms with van der Waals surface area (Å²) in [5.74, 6) is 0.873. The summed E-state index contributed by atoms with van der Waals surface area (Å²) in [7, 11) is 0. The van der Waals surface area contributed by atoms with Crippen LogP contribution >= 0.6 is 0 Å². The standard InChI is InChI=1S/C65H54N2/c1-45-42-52(48-36-34-47(35-37-48)46-18-5-2-6-19-46)39-41-61(45)67(63-33-14-12-29-58(63)60-31-17-23-50-22-16-30-56(65(50)60)49-20-7-3-8-21-49)55-27-15-24-51(43-55)53-38-40-59-57-28-11-13-32-62(57)66(64(59)44-53)54-25-9-4-10-26-54/h2,4-6,9-19,22-41,43-44,49,52H,3,7-8,20-21,42H2,1H3. The smallest absolute Gasteiger partial charge is 0.0547 e. The van der Waals surface area contributed by atoms with Crippen molar-refractivity contribution in [2.45, 2.75) is 57.3 Å². The van der Waals surface area contributed by atoms with Crippen molar-refractivity contribution in [3.05, 3.63) is 247 Å². The van der Waals surface area contributed by atoms with E-state index in [0.717, 1.165) is 12.1 Å². The number of hydrogen-bond acceptors (Lipinski definition) is 1. The number of allylic oxidation sites excluding steroid dienone is 3. The molecule has 1 heterocycles. The maximum absolute atomic E-state index is 2.56. The molecule has 2 aliphatic carbocycles. The van der Waals surface area contributed by atoms with Gasteiger partial charge in [0.1, 0.15) is 0 Å². The van der Waals surface area contributed by atoms with Gasteiger partial charge >= 0.3 is 0 Å². The van der Waals surface area contributed by atoms with Crippen LogP contribution in [0.25, 0.3) is 71.6 Å². The van der Waals surface area contributed by atoms with Gasteiger partial charge in [0.2, 0.25) is 0 Å². The van der Waals surface area contributed by atoms with Gasteiger partial charge < -0.3 is 9.47 Å². The molecule has 9 aromatic carbocycles. The third-order valence-corrected chi connectivity index (χ3v) is 14.7. The van der Waals surface area contributed by atoms with E-state index in [1.807, 2.05) is 0 Å². The molecule has 1 fully saturated rings. The lowest BCUT2D eigenvalue weighted by molar-refractivity contribution is 0.445. The Morgan fingerprint density at radius 3 is 1.96 bits per heavy atom. The first kappa shape index (κ1) is 40.8. The van der Waals surface area contributed by atoms with Gasteiger partial charge in [-0.2, -0.15) is 0 Å². The predicted molar refractivity (Wildman–Crippen MR) is 285 cm³/mol. The molecule has 0 aliphatic heterocycles. The molecule has 0 saturated heterocycles. The van der Waals surface area contributed by atoms with E-state index in [-0.39, 0.29) is 5.92 Å². The van der Waals surface area contributed by atoms with Crippen LogP contribution < -0.4 is 4.90 Å². The summed E-state index contributed by atoms with van der Waals surface area (Å²) in [6.07, 6.45) is 12.3. The van der Waals surface area contributed by atoms with Gasteiger partial charge in [0.25, 0.3) is 0 Å². The number of para-hydroxylation sites is 3. The van der Waals surface area contributed by atoms with E-state index >= 15 is 0 Å². The molecule has 0 spiro atoms. The molecule has 2 nitrogen and oxygen atoms in total. The molecule has 10 aromatic rings. The van der Waals surface area contributed by atoms with Crippen molar-refractivity contribution in [3.63, 3.8) is 0 Å². The molecule has 1 saturated carbocycles. The molecule has 12 rings (SSSR count). The van der Waals surface area contributed by atoms with Crippen LogP contribution in [0, 0.1) is 0 Å². The lowest BCUT2D eigenvalue weighted by Gasteiger charge is -2.33. The summed E-state index contributed by atoms with van der Waals surface area (Å²) >= 11 is 0. The van der Waals surface area contributed by atoms with Crippen LogP contribution in [-0.4, -0.2) is 4.57 Å². The topological polar surface area (TPSA) is 8.17 Å². The van der Waals surface area contributed by atoms with Gasteiger partial charge in [-0.15, -0.1) is 0 Å². The SMILES string of the molecule is CC1=C(N(c2cccc(-c3ccc4c5ccccc5n(-c5ccccc5)c4c3)c2)c2ccccc2-c2cccc3cccc(C4CCCCC4)c23)C=CC(c2ccc(-c3ccccc3)cc2)C1. The Balaban J connectivity index is 1.00. The zero-order valence-electron chi connectivity index (χ0n) is 38.2. The third-order valence-electron chi connectivity index (χ3n) is 14.7. The number of aromatic nitrogens is 1. The van der Waals surface area contributed by atoms with Crippen molar-refractivity contribution >= 4 is 44.0 Å². The minimum atomic E-state index is 0.288. The van der Waals surface area contributed by atoms with Gasteiger partial charge in [0, 0.05) is 39.3 Å². The second kappa shape index (κ2) is 17.6. The fourth-order valence-electron chi connectivity index (χ4n) is 11.4. The van der Waals surface area contributed by atoms with E-state index in [4.69, 9.17) is 0 Å². The molecule has 0 bridgehead atoms. The molecule has 0 radical (unpaired) electrons. The van der Waals surface area contributed by atoms with Gasteiger partial charge in [0.05, 0.1) is 16.7 Å². The van der Waals surface area contributed by atoms with Gasteiger partial charge in [-0.1, -0.05) is 195 Å². The van der Waals surface area contributed by atoms with Crippen molar-refractivity contribution in [1.29, 1.82) is 0 Å². The van der Waals surface area contributed by atoms with Crippen LogP contribution in [0.15, 0.2) is 236 Å². The fourth-order valence-corrected chi connectivity index (χ4v) is 11.4. The Morgan fingerprint density at radius 1 is 0.493 bits per heavy atom. The van der Waals surface area contributed by atoms with Crippen LogP contribution in [0.3, 0.4) is 0 Å². The minimum absolute atomic E-state index is 0.288. The van der Waals surface area contributed by atoms with E-state index in [1.165, 1.54) is 132 Å². The highest BCUT2D eigenvalue weighted by Crippen LogP contribution is 2.47. The number of benzene rings is 9. The van der Waals surface area contributed by atoms with Crippen LogP contribution in [0.4, 0.5) is 11.4 Å². The first-order valence-corrected chi connectivity index (χ1v) is 24.3. The Kier molecular flexibility index (Phi) is 10.7. The summed E-state index contributed by atoms with van der Waals surface area (Å²) in [6.45, 7) is 2.35. The van der Waals surface area contributed by atoms with Crippen LogP contribution in [0.2, 0.25) is 0 Å². The first-order chi connectivity index (χ1) is 33.2. The van der Waals surface area contributed by atoms with Crippen molar-refractivity contribution in [2.24, 2.45) is 0 Å². The molecular weight excluding hydrogens is 809 g/mol. The molecule has 324 valence electrons. The summed E-state index contributed by atoms with van der Waals surface area (Å²) in [4.78, 5) is 2.56. The van der Waals surface area contributed by atoms with E-state index in [0.29, 0.717) is 5.92 Å². The van der Waals surface area contributed by atoms with E-state index in [1.54, 1.807) is 0 Å². The Bertz CT molecular complexity index is 3470. The van der Waals surface area contributed by atoms with Crippen molar-refractivity contribution in [2.75, 3.05) is 4.90 Å². The summed E-state index contributed by atoms with van der Waals surface area (Å²) in [5.41, 5.74) is 18.8. The zero-order chi connectivity index (χ0) is 44.7. The van der Waals surface area contributed by atoms with Gasteiger partial charge in [-0.3, -0.25) is 0 Å². The fraction of sp³-hybridized carbons (Fsp3) is 0.138. The molecule has 1 unspecified atom stereocenters. The number of anilines is 2. The zero-order valence-corrected chi connectivity index (χ0v) is 38.2. The van der Waals surface area contributed by atoms with Crippen LogP contribution in [0.1, 0.15) is 68.4 Å². The average Bonchev–Trinajstić information content (AvgIpc) is 3.73. The highest BCUT2D eigenvalue weighted by Gasteiger charge is 2.26. The van der Waals surface area contributed by atoms with Crippen molar-refractivity contribution in [1.82, 2.24) is 4.57 Å². The third kappa shape index (κ3) is 7.57. The minimum Gasteiger partial charge on any atom is -0.310 e. The van der Waals surface area contributed by atoms with E-state index < -0.39 is 0 Å². The van der Waals surface area contributed by atoms with Crippen LogP contribution in [0.5, 0.6) is 0 Å². The summed E-state index contributed by atoms with van der Waals surface area (Å²) in [5, 5.41) is 5.25. The second-order valence-electron chi connectivity index (χ2n) is 18.7. The number of hydrogen-bond donors (Lipinski definition) is 0. The highest BCUT2D eigenvalue weighted by molar-refractivity contribution is 6.10. The molecule has 0 amide bonds. The summed E-state index contributed by atoms with van der Waals surface area (Å²) in [6, 6.07) is 78.8. The lowest BCUT2D eigenvalue weighted by atomic mass is 9.80. The van der Waals surface area contributed by atoms with Gasteiger partial charge in [-0.05, 0) is 136 Å². The average molecular weight is 863 g/mol. The Morgan fingerprint density at radius 2 is 1.13 bits per heavy atom. The molecule has 1 aromatic heterocycles. The maximum Gasteiger partial charge on any atom is 0.0547 e. The van der Waals surface area contributed by atoms with E-state index in [2.05, 4.69) is 241 Å². The molecule has 2 heteroatoms. The quantitative estimate of drug-likeness (QED) is 0.140. The normalized spacial score (nSPS) is 15.4. The lowest BCUT2D eigenvalue weighted by Crippen LogP contribution is -2.20. The molecule has 0 N–H and O–H groups in total. The Hall–Kier alpha value is -7.68. The van der Waals surface area contributed by atoms with Gasteiger partial charge in [0.15, 0.2) is 0 Å². The monoisotopic (exact) mass is 862 g/mol. The van der Waals surface area contributed by atoms with Crippen LogP contribution in [-0.2, 0) is 0 Å². The summed E-state index contributed by atoms with van der Waals surface area (Å²) < 4.78 is 2.42. The maximum atomic E-state index is 2.56. The molecule has 1 atom stereocenters. The first-order valence-electron chi connectivity index (χ1n) is 24.3. The number of rotatable bonds is 9. The van der Waals surface area contributed by atoms with Crippen molar-refractivity contribution in [3.8, 4) is 39.1 Å². The molecule has 2 aliphatic rings. The molecular formula is C65H54N2. The second-order valence-corrected chi connectivity index (χ2v) is 18.7. The van der Waals surface area contributed by atoms with Gasteiger partial charge in [-0.25, -0.2) is 0 Å². The highest BCUT2D eigenvalue weighted by atomic mass is 15.2. The largest absolute Gasteiger partial charge is 0.310 e. The van der Waals surface area contributed by atoms with E-state index in [9.17, 15) is 0 Å². The number of nitrogens with zero attached hydrogens (tertiary/aromatic N) is 2. The number of fused-ring (bicyclic) bond motifs is 4.